The number of hydrogen-bond acceptors (Lipinski definition) is 3. The van der Waals surface area contributed by atoms with Crippen molar-refractivity contribution < 1.29 is 9.53 Å². The lowest BCUT2D eigenvalue weighted by Crippen LogP contribution is -2.41. The molecule has 1 saturated heterocycles. The highest BCUT2D eigenvalue weighted by Gasteiger charge is 2.24. The number of rotatable bonds is 4. The van der Waals surface area contributed by atoms with Crippen LogP contribution in [0.4, 0.5) is 0 Å². The average molecular weight is 298 g/mol. The maximum Gasteiger partial charge on any atom is 0.239 e. The summed E-state index contributed by atoms with van der Waals surface area (Å²) in [6.07, 6.45) is 2.03. The third-order valence-corrected chi connectivity index (χ3v) is 4.27. The maximum absolute atomic E-state index is 12.3. The zero-order valence-electron chi connectivity index (χ0n) is 13.1. The minimum Gasteiger partial charge on any atom is -0.497 e. The quantitative estimate of drug-likeness (QED) is 0.943. The molecule has 0 aliphatic carbocycles. The Balaban J connectivity index is 1.74. The Morgan fingerprint density at radius 2 is 2.05 bits per heavy atom. The van der Waals surface area contributed by atoms with Gasteiger partial charge in [0.25, 0.3) is 0 Å². The van der Waals surface area contributed by atoms with Gasteiger partial charge in [-0.15, -0.1) is 0 Å². The molecule has 3 rings (SSSR count). The van der Waals surface area contributed by atoms with Gasteiger partial charge in [-0.05, 0) is 53.9 Å². The molecule has 2 aromatic carbocycles. The molecule has 0 bridgehead atoms. The Hall–Kier alpha value is -2.07. The number of likely N-dealkylation sites (N-methyl/N-ethyl adjacent to an activating group) is 1. The fraction of sp³-hybridized carbons (Fsp3) is 0.389. The summed E-state index contributed by atoms with van der Waals surface area (Å²) in [6, 6.07) is 12.3. The van der Waals surface area contributed by atoms with Crippen molar-refractivity contribution in [3.63, 3.8) is 0 Å². The smallest absolute Gasteiger partial charge is 0.239 e. The third-order valence-electron chi connectivity index (χ3n) is 4.27. The van der Waals surface area contributed by atoms with Crippen LogP contribution >= 0.6 is 0 Å². The SMILES string of the molecule is COc1ccc2cc(CN(C)C(=O)C3CCCN3)ccc2c1. The van der Waals surface area contributed by atoms with Gasteiger partial charge in [-0.25, -0.2) is 0 Å². The molecule has 2 aromatic rings. The monoisotopic (exact) mass is 298 g/mol. The number of ether oxygens (including phenoxy) is 1. The van der Waals surface area contributed by atoms with E-state index >= 15 is 0 Å². The summed E-state index contributed by atoms with van der Waals surface area (Å²) in [7, 11) is 3.55. The molecule has 0 spiro atoms. The standard InChI is InChI=1S/C18H22N2O2/c1-20(18(21)17-4-3-9-19-17)12-13-5-6-15-11-16(22-2)8-7-14(15)10-13/h5-8,10-11,17,19H,3-4,9,12H2,1-2H3. The van der Waals surface area contributed by atoms with E-state index in [1.165, 1.54) is 0 Å². The highest BCUT2D eigenvalue weighted by atomic mass is 16.5. The number of carbonyl (C=O) groups is 1. The van der Waals surface area contributed by atoms with Crippen LogP contribution in [0.2, 0.25) is 0 Å². The summed E-state index contributed by atoms with van der Waals surface area (Å²) in [5, 5.41) is 5.57. The number of benzene rings is 2. The zero-order chi connectivity index (χ0) is 15.5. The number of nitrogens with zero attached hydrogens (tertiary/aromatic N) is 1. The molecule has 4 nitrogen and oxygen atoms in total. The molecule has 0 radical (unpaired) electrons. The molecule has 22 heavy (non-hydrogen) atoms. The zero-order valence-corrected chi connectivity index (χ0v) is 13.1. The Labute approximate surface area is 131 Å². The summed E-state index contributed by atoms with van der Waals surface area (Å²) in [5.41, 5.74) is 1.14. The van der Waals surface area contributed by atoms with Gasteiger partial charge in [0.15, 0.2) is 0 Å². The van der Waals surface area contributed by atoms with E-state index in [9.17, 15) is 4.79 Å². The number of methoxy groups -OCH3 is 1. The molecule has 0 saturated carbocycles. The van der Waals surface area contributed by atoms with Gasteiger partial charge in [0, 0.05) is 13.6 Å². The van der Waals surface area contributed by atoms with Gasteiger partial charge in [-0.2, -0.15) is 0 Å². The average Bonchev–Trinajstić information content (AvgIpc) is 3.08. The van der Waals surface area contributed by atoms with Gasteiger partial charge in [0.05, 0.1) is 13.2 Å². The Kier molecular flexibility index (Phi) is 4.29. The Bertz CT molecular complexity index is 678. The predicted octanol–water partition coefficient (Wildman–Crippen LogP) is 2.56. The van der Waals surface area contributed by atoms with Crippen LogP contribution in [0, 0.1) is 0 Å². The second-order valence-electron chi connectivity index (χ2n) is 5.89. The van der Waals surface area contributed by atoms with E-state index in [4.69, 9.17) is 4.74 Å². The summed E-state index contributed by atoms with van der Waals surface area (Å²) in [4.78, 5) is 14.2. The summed E-state index contributed by atoms with van der Waals surface area (Å²) < 4.78 is 5.25. The van der Waals surface area contributed by atoms with Crippen molar-refractivity contribution >= 4 is 16.7 Å². The van der Waals surface area contributed by atoms with E-state index in [2.05, 4.69) is 29.6 Å². The second-order valence-corrected chi connectivity index (χ2v) is 5.89. The molecule has 1 aliphatic rings. The van der Waals surface area contributed by atoms with Gasteiger partial charge in [-0.1, -0.05) is 18.2 Å². The minimum atomic E-state index is -0.00489. The Morgan fingerprint density at radius 3 is 2.77 bits per heavy atom. The first-order chi connectivity index (χ1) is 10.7. The maximum atomic E-state index is 12.3. The van der Waals surface area contributed by atoms with Crippen LogP contribution in [0.3, 0.4) is 0 Å². The highest BCUT2D eigenvalue weighted by molar-refractivity contribution is 5.85. The van der Waals surface area contributed by atoms with Crippen molar-refractivity contribution in [2.24, 2.45) is 0 Å². The van der Waals surface area contributed by atoms with Gasteiger partial charge in [0.1, 0.15) is 5.75 Å². The van der Waals surface area contributed by atoms with E-state index in [0.717, 1.165) is 41.5 Å². The van der Waals surface area contributed by atoms with Gasteiger partial charge in [0.2, 0.25) is 5.91 Å². The molecule has 1 amide bonds. The first kappa shape index (κ1) is 14.9. The second kappa shape index (κ2) is 6.36. The Morgan fingerprint density at radius 1 is 1.27 bits per heavy atom. The molecule has 1 unspecified atom stereocenters. The molecule has 1 heterocycles. The lowest BCUT2D eigenvalue weighted by molar-refractivity contribution is -0.132. The van der Waals surface area contributed by atoms with Crippen LogP contribution in [0.1, 0.15) is 18.4 Å². The molecule has 0 aromatic heterocycles. The van der Waals surface area contributed by atoms with Crippen molar-refractivity contribution in [3.8, 4) is 5.75 Å². The first-order valence-corrected chi connectivity index (χ1v) is 7.72. The van der Waals surface area contributed by atoms with E-state index < -0.39 is 0 Å². The van der Waals surface area contributed by atoms with E-state index in [1.807, 2.05) is 24.1 Å². The van der Waals surface area contributed by atoms with Crippen molar-refractivity contribution in [1.82, 2.24) is 10.2 Å². The lowest BCUT2D eigenvalue weighted by atomic mass is 10.1. The normalized spacial score (nSPS) is 17.6. The van der Waals surface area contributed by atoms with Crippen molar-refractivity contribution in [1.29, 1.82) is 0 Å². The van der Waals surface area contributed by atoms with Gasteiger partial charge >= 0.3 is 0 Å². The van der Waals surface area contributed by atoms with Crippen LogP contribution in [-0.4, -0.2) is 37.6 Å². The van der Waals surface area contributed by atoms with Gasteiger partial charge in [-0.3, -0.25) is 4.79 Å². The van der Waals surface area contributed by atoms with Crippen LogP contribution in [0.25, 0.3) is 10.8 Å². The summed E-state index contributed by atoms with van der Waals surface area (Å²) >= 11 is 0. The van der Waals surface area contributed by atoms with Crippen LogP contribution in [0.5, 0.6) is 5.75 Å². The molecule has 1 N–H and O–H groups in total. The largest absolute Gasteiger partial charge is 0.497 e. The van der Waals surface area contributed by atoms with E-state index in [-0.39, 0.29) is 11.9 Å². The van der Waals surface area contributed by atoms with E-state index in [0.29, 0.717) is 6.54 Å². The molecule has 1 aliphatic heterocycles. The first-order valence-electron chi connectivity index (χ1n) is 7.72. The van der Waals surface area contributed by atoms with Crippen molar-refractivity contribution in [2.75, 3.05) is 20.7 Å². The third kappa shape index (κ3) is 3.07. The molecule has 4 heteroatoms. The van der Waals surface area contributed by atoms with Crippen LogP contribution < -0.4 is 10.1 Å². The summed E-state index contributed by atoms with van der Waals surface area (Å²) in [6.45, 7) is 1.58. The number of carbonyl (C=O) groups excluding carboxylic acids is 1. The fourth-order valence-corrected chi connectivity index (χ4v) is 3.01. The molecular weight excluding hydrogens is 276 g/mol. The van der Waals surface area contributed by atoms with E-state index in [1.54, 1.807) is 7.11 Å². The lowest BCUT2D eigenvalue weighted by Gasteiger charge is -2.21. The van der Waals surface area contributed by atoms with Crippen molar-refractivity contribution in [3.05, 3.63) is 42.0 Å². The summed E-state index contributed by atoms with van der Waals surface area (Å²) in [5.74, 6) is 1.05. The number of amides is 1. The molecular formula is C18H22N2O2. The topological polar surface area (TPSA) is 41.6 Å². The number of nitrogens with one attached hydrogen (secondary N) is 1. The van der Waals surface area contributed by atoms with Gasteiger partial charge < -0.3 is 15.0 Å². The number of fused-ring (bicyclic) bond motifs is 1. The molecule has 116 valence electrons. The van der Waals surface area contributed by atoms with Crippen LogP contribution in [0.15, 0.2) is 36.4 Å². The number of hydrogen-bond donors (Lipinski definition) is 1. The predicted molar refractivity (Wildman–Crippen MR) is 88.0 cm³/mol. The van der Waals surface area contributed by atoms with Crippen LogP contribution in [-0.2, 0) is 11.3 Å². The van der Waals surface area contributed by atoms with Crippen molar-refractivity contribution in [2.45, 2.75) is 25.4 Å². The molecule has 1 atom stereocenters. The highest BCUT2D eigenvalue weighted by Crippen LogP contribution is 2.22. The fourth-order valence-electron chi connectivity index (χ4n) is 3.01. The minimum absolute atomic E-state index is 0.00489. The molecule has 1 fully saturated rings.